The third-order valence-corrected chi connectivity index (χ3v) is 3.30. The van der Waals surface area contributed by atoms with E-state index in [1.807, 2.05) is 4.90 Å². The summed E-state index contributed by atoms with van der Waals surface area (Å²) >= 11 is 0. The Kier molecular flexibility index (Phi) is 3.96. The van der Waals surface area contributed by atoms with Gasteiger partial charge in [-0.25, -0.2) is 4.79 Å². The molecule has 0 aromatic carbocycles. The monoisotopic (exact) mass is 240 g/mol. The van der Waals surface area contributed by atoms with E-state index in [1.165, 1.54) is 0 Å². The Hall–Kier alpha value is -1.14. The molecule has 6 heteroatoms. The fourth-order valence-corrected chi connectivity index (χ4v) is 2.40. The second kappa shape index (κ2) is 5.46. The molecule has 2 rings (SSSR count). The number of nitrogens with two attached hydrogens (primary N) is 1. The fraction of sp³-hybridized carbons (Fsp3) is 0.818. The molecule has 4 N–H and O–H groups in total. The number of rotatable bonds is 3. The van der Waals surface area contributed by atoms with Gasteiger partial charge in [0, 0.05) is 25.2 Å². The van der Waals surface area contributed by atoms with Gasteiger partial charge in [0.15, 0.2) is 0 Å². The van der Waals surface area contributed by atoms with Crippen LogP contribution < -0.4 is 16.4 Å². The largest absolute Gasteiger partial charge is 0.335 e. The van der Waals surface area contributed by atoms with Gasteiger partial charge in [-0.1, -0.05) is 12.8 Å². The van der Waals surface area contributed by atoms with E-state index in [9.17, 15) is 9.59 Å². The average molecular weight is 240 g/mol. The first-order chi connectivity index (χ1) is 8.13. The molecule has 1 saturated heterocycles. The lowest BCUT2D eigenvalue weighted by atomic mass is 10.1. The number of likely N-dealkylation sites (tertiary alicyclic amines) is 1. The molecule has 2 fully saturated rings. The van der Waals surface area contributed by atoms with E-state index in [0.717, 1.165) is 38.8 Å². The summed E-state index contributed by atoms with van der Waals surface area (Å²) in [5, 5.41) is 5.16. The number of carbonyl (C=O) groups excluding carboxylic acids is 2. The Labute approximate surface area is 101 Å². The molecule has 1 heterocycles. The van der Waals surface area contributed by atoms with Crippen LogP contribution in [0.3, 0.4) is 0 Å². The molecule has 1 aliphatic carbocycles. The van der Waals surface area contributed by atoms with Gasteiger partial charge in [0.25, 0.3) is 0 Å². The molecular formula is C11H20N4O2. The van der Waals surface area contributed by atoms with Gasteiger partial charge in [0.2, 0.25) is 5.91 Å². The standard InChI is InChI=1S/C11H20N4O2/c12-8-5-15(6-8)7-10(16)14-11(17)13-9-3-1-2-4-9/h8-9H,1-7,12H2,(H2,13,14,16,17). The van der Waals surface area contributed by atoms with Gasteiger partial charge in [-0.15, -0.1) is 0 Å². The molecule has 17 heavy (non-hydrogen) atoms. The number of carbonyl (C=O) groups is 2. The molecule has 1 aliphatic heterocycles. The quantitative estimate of drug-likeness (QED) is 0.614. The highest BCUT2D eigenvalue weighted by molar-refractivity contribution is 5.95. The maximum Gasteiger partial charge on any atom is 0.321 e. The van der Waals surface area contributed by atoms with E-state index >= 15 is 0 Å². The summed E-state index contributed by atoms with van der Waals surface area (Å²) in [5.41, 5.74) is 5.60. The smallest absolute Gasteiger partial charge is 0.321 e. The molecule has 0 radical (unpaired) electrons. The number of nitrogens with zero attached hydrogens (tertiary/aromatic N) is 1. The molecule has 6 nitrogen and oxygen atoms in total. The van der Waals surface area contributed by atoms with Crippen LogP contribution in [-0.2, 0) is 4.79 Å². The molecule has 0 atom stereocenters. The molecule has 96 valence electrons. The number of hydrogen-bond donors (Lipinski definition) is 3. The highest BCUT2D eigenvalue weighted by atomic mass is 16.2. The lowest BCUT2D eigenvalue weighted by Gasteiger charge is -2.35. The van der Waals surface area contributed by atoms with Crippen molar-refractivity contribution in [1.29, 1.82) is 0 Å². The first kappa shape index (κ1) is 12.3. The number of imide groups is 1. The summed E-state index contributed by atoms with van der Waals surface area (Å²) in [6.07, 6.45) is 4.35. The van der Waals surface area contributed by atoms with E-state index < -0.39 is 0 Å². The summed E-state index contributed by atoms with van der Waals surface area (Å²) in [5.74, 6) is -0.257. The number of nitrogens with one attached hydrogen (secondary N) is 2. The van der Waals surface area contributed by atoms with E-state index in [4.69, 9.17) is 5.73 Å². The minimum atomic E-state index is -0.369. The Morgan fingerprint density at radius 3 is 2.47 bits per heavy atom. The Balaban J connectivity index is 1.62. The summed E-state index contributed by atoms with van der Waals surface area (Å²) in [6.45, 7) is 1.72. The third-order valence-electron chi connectivity index (χ3n) is 3.30. The lowest BCUT2D eigenvalue weighted by molar-refractivity contribution is -0.122. The number of amides is 3. The molecule has 0 unspecified atom stereocenters. The van der Waals surface area contributed by atoms with Crippen molar-refractivity contribution in [3.63, 3.8) is 0 Å². The second-order valence-corrected chi connectivity index (χ2v) is 4.96. The fourth-order valence-electron chi connectivity index (χ4n) is 2.40. The highest BCUT2D eigenvalue weighted by Crippen LogP contribution is 2.17. The maximum atomic E-state index is 11.5. The first-order valence-electron chi connectivity index (χ1n) is 6.22. The van der Waals surface area contributed by atoms with Crippen molar-refractivity contribution in [2.45, 2.75) is 37.8 Å². The maximum absolute atomic E-state index is 11.5. The topological polar surface area (TPSA) is 87.5 Å². The molecule has 1 saturated carbocycles. The van der Waals surface area contributed by atoms with Gasteiger partial charge in [0.05, 0.1) is 6.54 Å². The van der Waals surface area contributed by atoms with Crippen LogP contribution in [0.5, 0.6) is 0 Å². The van der Waals surface area contributed by atoms with Crippen LogP contribution >= 0.6 is 0 Å². The normalized spacial score (nSPS) is 22.2. The van der Waals surface area contributed by atoms with Crippen LogP contribution in [0.4, 0.5) is 4.79 Å². The first-order valence-corrected chi connectivity index (χ1v) is 6.22. The summed E-state index contributed by atoms with van der Waals surface area (Å²) in [4.78, 5) is 24.9. The highest BCUT2D eigenvalue weighted by Gasteiger charge is 2.25. The lowest BCUT2D eigenvalue weighted by Crippen LogP contribution is -2.58. The molecule has 0 aromatic heterocycles. The van der Waals surface area contributed by atoms with Crippen LogP contribution in [0.25, 0.3) is 0 Å². The predicted octanol–water partition coefficient (Wildman–Crippen LogP) is -0.602. The van der Waals surface area contributed by atoms with Crippen LogP contribution in [-0.4, -0.2) is 48.6 Å². The summed E-state index contributed by atoms with van der Waals surface area (Å²) < 4.78 is 0. The van der Waals surface area contributed by atoms with Crippen LogP contribution in [0.1, 0.15) is 25.7 Å². The van der Waals surface area contributed by atoms with Crippen molar-refractivity contribution in [2.24, 2.45) is 5.73 Å². The second-order valence-electron chi connectivity index (χ2n) is 4.96. The van der Waals surface area contributed by atoms with Crippen molar-refractivity contribution in [1.82, 2.24) is 15.5 Å². The average Bonchev–Trinajstić information content (AvgIpc) is 2.67. The van der Waals surface area contributed by atoms with Gasteiger partial charge in [0.1, 0.15) is 0 Å². The Morgan fingerprint density at radius 1 is 1.24 bits per heavy atom. The number of urea groups is 1. The minimum Gasteiger partial charge on any atom is -0.335 e. The zero-order chi connectivity index (χ0) is 12.3. The third kappa shape index (κ3) is 3.67. The van der Waals surface area contributed by atoms with Gasteiger partial charge < -0.3 is 11.1 Å². The van der Waals surface area contributed by atoms with Crippen molar-refractivity contribution >= 4 is 11.9 Å². The summed E-state index contributed by atoms with van der Waals surface area (Å²) in [7, 11) is 0. The molecular weight excluding hydrogens is 220 g/mol. The van der Waals surface area contributed by atoms with E-state index in [-0.39, 0.29) is 30.6 Å². The van der Waals surface area contributed by atoms with Crippen molar-refractivity contribution in [2.75, 3.05) is 19.6 Å². The summed E-state index contributed by atoms with van der Waals surface area (Å²) in [6, 6.07) is 0.0436. The van der Waals surface area contributed by atoms with Crippen molar-refractivity contribution in [3.8, 4) is 0 Å². The minimum absolute atomic E-state index is 0.176. The van der Waals surface area contributed by atoms with Crippen LogP contribution in [0.2, 0.25) is 0 Å². The zero-order valence-electron chi connectivity index (χ0n) is 9.95. The van der Waals surface area contributed by atoms with E-state index in [0.29, 0.717) is 0 Å². The SMILES string of the molecule is NC1CN(CC(=O)NC(=O)NC2CCCC2)C1. The number of hydrogen-bond acceptors (Lipinski definition) is 4. The zero-order valence-corrected chi connectivity index (χ0v) is 9.95. The van der Waals surface area contributed by atoms with Crippen molar-refractivity contribution < 1.29 is 9.59 Å². The molecule has 0 aromatic rings. The predicted molar refractivity (Wildman–Crippen MR) is 63.3 cm³/mol. The van der Waals surface area contributed by atoms with Gasteiger partial charge >= 0.3 is 6.03 Å². The van der Waals surface area contributed by atoms with Crippen molar-refractivity contribution in [3.05, 3.63) is 0 Å². The molecule has 2 aliphatic rings. The molecule has 0 spiro atoms. The van der Waals surface area contributed by atoms with E-state index in [1.54, 1.807) is 0 Å². The molecule has 0 bridgehead atoms. The van der Waals surface area contributed by atoms with Crippen LogP contribution in [0, 0.1) is 0 Å². The molecule has 3 amide bonds. The van der Waals surface area contributed by atoms with Gasteiger partial charge in [-0.3, -0.25) is 15.0 Å². The van der Waals surface area contributed by atoms with Gasteiger partial charge in [-0.05, 0) is 12.8 Å². The Morgan fingerprint density at radius 2 is 1.88 bits per heavy atom. The van der Waals surface area contributed by atoms with E-state index in [2.05, 4.69) is 10.6 Å². The van der Waals surface area contributed by atoms with Crippen LogP contribution in [0.15, 0.2) is 0 Å². The Bertz CT molecular complexity index is 296. The van der Waals surface area contributed by atoms with Gasteiger partial charge in [-0.2, -0.15) is 0 Å².